The second-order valence-electron chi connectivity index (χ2n) is 4.84. The molecule has 2 nitrogen and oxygen atoms in total. The van der Waals surface area contributed by atoms with Crippen molar-refractivity contribution >= 4 is 22.4 Å². The molecule has 0 aliphatic carbocycles. The number of hydrogen-bond acceptors (Lipinski definition) is 2. The Morgan fingerprint density at radius 2 is 1.71 bits per heavy atom. The molecule has 1 N–H and O–H groups in total. The maximum atomic E-state index is 9.37. The van der Waals surface area contributed by atoms with Crippen LogP contribution in [0.2, 0.25) is 5.02 Å². The molecule has 0 heterocycles. The van der Waals surface area contributed by atoms with Crippen LogP contribution in [0, 0.1) is 0 Å². The van der Waals surface area contributed by atoms with E-state index in [-0.39, 0.29) is 6.61 Å². The first-order valence-corrected chi connectivity index (χ1v) is 7.14. The van der Waals surface area contributed by atoms with Gasteiger partial charge in [-0.15, -0.1) is 0 Å². The van der Waals surface area contributed by atoms with Gasteiger partial charge in [-0.1, -0.05) is 54.1 Å². The average molecular weight is 299 g/mol. The van der Waals surface area contributed by atoms with Gasteiger partial charge in [0.2, 0.25) is 0 Å². The van der Waals surface area contributed by atoms with E-state index in [2.05, 4.69) is 24.3 Å². The molecule has 0 saturated heterocycles. The Hall–Kier alpha value is -2.03. The Kier molecular flexibility index (Phi) is 4.09. The highest BCUT2D eigenvalue weighted by atomic mass is 35.5. The van der Waals surface area contributed by atoms with E-state index in [1.807, 2.05) is 18.2 Å². The topological polar surface area (TPSA) is 29.5 Å². The van der Waals surface area contributed by atoms with Crippen LogP contribution in [0.5, 0.6) is 5.75 Å². The smallest absolute Gasteiger partial charge is 0.125 e. The SMILES string of the molecule is OCc1cc(Cl)ccc1OCc1cccc2ccccc12. The van der Waals surface area contributed by atoms with E-state index < -0.39 is 0 Å². The molecular weight excluding hydrogens is 284 g/mol. The summed E-state index contributed by atoms with van der Waals surface area (Å²) in [5, 5.41) is 12.3. The van der Waals surface area contributed by atoms with Crippen LogP contribution in [0.25, 0.3) is 10.8 Å². The second-order valence-corrected chi connectivity index (χ2v) is 5.27. The van der Waals surface area contributed by atoms with E-state index in [1.165, 1.54) is 10.8 Å². The first kappa shape index (κ1) is 13.9. The van der Waals surface area contributed by atoms with Crippen molar-refractivity contribution in [3.63, 3.8) is 0 Å². The zero-order valence-corrected chi connectivity index (χ0v) is 12.2. The quantitative estimate of drug-likeness (QED) is 0.765. The van der Waals surface area contributed by atoms with E-state index in [0.29, 0.717) is 22.9 Å². The third kappa shape index (κ3) is 3.02. The molecule has 3 aromatic carbocycles. The number of fused-ring (bicyclic) bond motifs is 1. The fourth-order valence-corrected chi connectivity index (χ4v) is 2.58. The number of hydrogen-bond donors (Lipinski definition) is 1. The largest absolute Gasteiger partial charge is 0.489 e. The predicted molar refractivity (Wildman–Crippen MR) is 85.7 cm³/mol. The van der Waals surface area contributed by atoms with E-state index in [1.54, 1.807) is 18.2 Å². The fraction of sp³-hybridized carbons (Fsp3) is 0.111. The summed E-state index contributed by atoms with van der Waals surface area (Å²) in [6, 6.07) is 19.7. The molecule has 0 spiro atoms. The molecule has 0 atom stereocenters. The first-order valence-electron chi connectivity index (χ1n) is 6.76. The molecule has 0 saturated carbocycles. The number of benzene rings is 3. The minimum atomic E-state index is -0.0918. The van der Waals surface area contributed by atoms with Gasteiger partial charge in [-0.3, -0.25) is 0 Å². The van der Waals surface area contributed by atoms with Crippen molar-refractivity contribution in [3.05, 3.63) is 76.8 Å². The van der Waals surface area contributed by atoms with Crippen LogP contribution in [0.4, 0.5) is 0 Å². The third-order valence-electron chi connectivity index (χ3n) is 3.46. The van der Waals surface area contributed by atoms with E-state index in [9.17, 15) is 5.11 Å². The number of aliphatic hydroxyl groups excluding tert-OH is 1. The molecular formula is C18H15ClO2. The molecule has 0 aliphatic rings. The maximum absolute atomic E-state index is 9.37. The highest BCUT2D eigenvalue weighted by Crippen LogP contribution is 2.25. The summed E-state index contributed by atoms with van der Waals surface area (Å²) in [5.74, 6) is 0.662. The summed E-state index contributed by atoms with van der Waals surface area (Å²) in [5.41, 5.74) is 1.81. The highest BCUT2D eigenvalue weighted by molar-refractivity contribution is 6.30. The Bertz CT molecular complexity index is 763. The Morgan fingerprint density at radius 3 is 2.57 bits per heavy atom. The molecule has 0 radical (unpaired) electrons. The summed E-state index contributed by atoms with van der Waals surface area (Å²) >= 11 is 5.92. The third-order valence-corrected chi connectivity index (χ3v) is 3.69. The van der Waals surface area contributed by atoms with Crippen LogP contribution in [0.15, 0.2) is 60.7 Å². The van der Waals surface area contributed by atoms with Gasteiger partial charge in [-0.05, 0) is 34.5 Å². The molecule has 3 aromatic rings. The molecule has 0 fully saturated rings. The fourth-order valence-electron chi connectivity index (χ4n) is 2.39. The van der Waals surface area contributed by atoms with Gasteiger partial charge in [0.25, 0.3) is 0 Å². The van der Waals surface area contributed by atoms with Gasteiger partial charge >= 0.3 is 0 Å². The minimum absolute atomic E-state index is 0.0918. The van der Waals surface area contributed by atoms with Crippen molar-refractivity contribution in [2.45, 2.75) is 13.2 Å². The Labute approximate surface area is 128 Å². The molecule has 106 valence electrons. The zero-order valence-electron chi connectivity index (χ0n) is 11.4. The second kappa shape index (κ2) is 6.17. The number of rotatable bonds is 4. The van der Waals surface area contributed by atoms with Crippen LogP contribution in [-0.2, 0) is 13.2 Å². The lowest BCUT2D eigenvalue weighted by molar-refractivity contribution is 0.259. The molecule has 0 aromatic heterocycles. The van der Waals surface area contributed by atoms with Gasteiger partial charge < -0.3 is 9.84 Å². The van der Waals surface area contributed by atoms with Crippen molar-refractivity contribution < 1.29 is 9.84 Å². The van der Waals surface area contributed by atoms with E-state index >= 15 is 0 Å². The standard InChI is InChI=1S/C18H15ClO2/c19-16-8-9-18(15(10-16)11-20)21-12-14-6-3-5-13-4-1-2-7-17(13)14/h1-10,20H,11-12H2. The lowest BCUT2D eigenvalue weighted by Crippen LogP contribution is -1.99. The summed E-state index contributed by atoms with van der Waals surface area (Å²) < 4.78 is 5.86. The number of ether oxygens (including phenoxy) is 1. The van der Waals surface area contributed by atoms with Crippen molar-refractivity contribution in [3.8, 4) is 5.75 Å². The molecule has 0 unspecified atom stereocenters. The van der Waals surface area contributed by atoms with Crippen molar-refractivity contribution in [2.24, 2.45) is 0 Å². The maximum Gasteiger partial charge on any atom is 0.125 e. The van der Waals surface area contributed by atoms with Gasteiger partial charge in [-0.25, -0.2) is 0 Å². The molecule has 0 amide bonds. The molecule has 3 rings (SSSR count). The number of halogens is 1. The van der Waals surface area contributed by atoms with Crippen LogP contribution < -0.4 is 4.74 Å². The van der Waals surface area contributed by atoms with Crippen molar-refractivity contribution in [1.82, 2.24) is 0 Å². The molecule has 0 bridgehead atoms. The predicted octanol–water partition coefficient (Wildman–Crippen LogP) is 4.56. The lowest BCUT2D eigenvalue weighted by atomic mass is 10.1. The summed E-state index contributed by atoms with van der Waals surface area (Å²) in [6.07, 6.45) is 0. The van der Waals surface area contributed by atoms with Crippen LogP contribution in [0.1, 0.15) is 11.1 Å². The van der Waals surface area contributed by atoms with Gasteiger partial charge in [0.1, 0.15) is 12.4 Å². The molecule has 0 aliphatic heterocycles. The summed E-state index contributed by atoms with van der Waals surface area (Å²) in [4.78, 5) is 0. The zero-order chi connectivity index (χ0) is 14.7. The van der Waals surface area contributed by atoms with Crippen molar-refractivity contribution in [1.29, 1.82) is 0 Å². The van der Waals surface area contributed by atoms with E-state index in [0.717, 1.165) is 5.56 Å². The van der Waals surface area contributed by atoms with Gasteiger partial charge in [0, 0.05) is 10.6 Å². The highest BCUT2D eigenvalue weighted by Gasteiger charge is 2.06. The Morgan fingerprint density at radius 1 is 0.905 bits per heavy atom. The van der Waals surface area contributed by atoms with Gasteiger partial charge in [0.05, 0.1) is 6.61 Å². The molecule has 21 heavy (non-hydrogen) atoms. The van der Waals surface area contributed by atoms with Gasteiger partial charge in [0.15, 0.2) is 0 Å². The van der Waals surface area contributed by atoms with Gasteiger partial charge in [-0.2, -0.15) is 0 Å². The lowest BCUT2D eigenvalue weighted by Gasteiger charge is -2.12. The van der Waals surface area contributed by atoms with Crippen LogP contribution in [0.3, 0.4) is 0 Å². The summed E-state index contributed by atoms with van der Waals surface area (Å²) in [7, 11) is 0. The monoisotopic (exact) mass is 298 g/mol. The average Bonchev–Trinajstić information content (AvgIpc) is 2.53. The van der Waals surface area contributed by atoms with Crippen LogP contribution >= 0.6 is 11.6 Å². The Balaban J connectivity index is 1.87. The first-order chi connectivity index (χ1) is 10.3. The normalized spacial score (nSPS) is 10.8. The summed E-state index contributed by atoms with van der Waals surface area (Å²) in [6.45, 7) is 0.363. The van der Waals surface area contributed by atoms with Crippen LogP contribution in [-0.4, -0.2) is 5.11 Å². The van der Waals surface area contributed by atoms with Crippen molar-refractivity contribution in [2.75, 3.05) is 0 Å². The number of aliphatic hydroxyl groups is 1. The van der Waals surface area contributed by atoms with E-state index in [4.69, 9.17) is 16.3 Å². The molecule has 3 heteroatoms. The minimum Gasteiger partial charge on any atom is -0.489 e.